The van der Waals surface area contributed by atoms with Crippen molar-refractivity contribution >= 4 is 28.7 Å². The summed E-state index contributed by atoms with van der Waals surface area (Å²) in [5, 5.41) is 8.17. The first-order valence-corrected chi connectivity index (χ1v) is 7.41. The number of allylic oxidation sites excluding steroid dienone is 2. The van der Waals surface area contributed by atoms with Crippen LogP contribution >= 0.6 is 12.2 Å². The highest BCUT2D eigenvalue weighted by molar-refractivity contribution is 7.80. The maximum atomic E-state index is 5.29. The zero-order valence-electron chi connectivity index (χ0n) is 11.8. The van der Waals surface area contributed by atoms with Crippen molar-refractivity contribution in [3.63, 3.8) is 0 Å². The van der Waals surface area contributed by atoms with E-state index in [0.717, 1.165) is 18.0 Å². The Kier molecular flexibility index (Phi) is 3.57. The topological polar surface area (TPSA) is 36.4 Å². The summed E-state index contributed by atoms with van der Waals surface area (Å²) in [6, 6.07) is 6.26. The number of anilines is 1. The lowest BCUT2D eigenvalue weighted by Gasteiger charge is -2.31. The van der Waals surface area contributed by atoms with Crippen molar-refractivity contribution in [3.8, 4) is 0 Å². The van der Waals surface area contributed by atoms with Gasteiger partial charge < -0.3 is 5.32 Å². The minimum atomic E-state index is 0.548. The Hall–Kier alpha value is -1.68. The van der Waals surface area contributed by atoms with Crippen LogP contribution in [0.5, 0.6) is 0 Å². The molecule has 0 bridgehead atoms. The summed E-state index contributed by atoms with van der Waals surface area (Å²) in [5.41, 5.74) is 7.64. The molecule has 3 nitrogen and oxygen atoms in total. The van der Waals surface area contributed by atoms with Crippen molar-refractivity contribution in [2.45, 2.75) is 26.7 Å². The third-order valence-electron chi connectivity index (χ3n) is 4.08. The van der Waals surface area contributed by atoms with E-state index < -0.39 is 0 Å². The minimum absolute atomic E-state index is 0.548. The van der Waals surface area contributed by atoms with Crippen LogP contribution in [0.4, 0.5) is 5.69 Å². The summed E-state index contributed by atoms with van der Waals surface area (Å²) in [7, 11) is 0. The quantitative estimate of drug-likeness (QED) is 0.496. The molecule has 1 saturated carbocycles. The molecule has 0 unspecified atom stereocenters. The van der Waals surface area contributed by atoms with Gasteiger partial charge in [0.05, 0.1) is 0 Å². The van der Waals surface area contributed by atoms with Crippen molar-refractivity contribution in [1.29, 1.82) is 0 Å². The summed E-state index contributed by atoms with van der Waals surface area (Å²) in [6.07, 6.45) is 6.81. The molecule has 1 aromatic rings. The normalized spacial score (nSPS) is 25.2. The van der Waals surface area contributed by atoms with Gasteiger partial charge in [0.15, 0.2) is 5.11 Å². The predicted octanol–water partition coefficient (Wildman–Crippen LogP) is 3.54. The lowest BCUT2D eigenvalue weighted by Crippen LogP contribution is -2.36. The highest BCUT2D eigenvalue weighted by Gasteiger charge is 2.37. The van der Waals surface area contributed by atoms with Crippen LogP contribution < -0.4 is 10.7 Å². The van der Waals surface area contributed by atoms with E-state index >= 15 is 0 Å². The second kappa shape index (κ2) is 5.37. The number of thiocarbonyl (C=S) groups is 1. The van der Waals surface area contributed by atoms with E-state index in [4.69, 9.17) is 12.2 Å². The van der Waals surface area contributed by atoms with Gasteiger partial charge >= 0.3 is 0 Å². The second-order valence-corrected chi connectivity index (χ2v) is 6.05. The minimum Gasteiger partial charge on any atom is -0.331 e. The highest BCUT2D eigenvalue weighted by atomic mass is 32.1. The number of hydrazone groups is 1. The molecule has 2 N–H and O–H groups in total. The summed E-state index contributed by atoms with van der Waals surface area (Å²) in [4.78, 5) is 0. The summed E-state index contributed by atoms with van der Waals surface area (Å²) < 4.78 is 0. The van der Waals surface area contributed by atoms with Gasteiger partial charge in [-0.3, -0.25) is 5.43 Å². The molecule has 0 radical (unpaired) electrons. The lowest BCUT2D eigenvalue weighted by atomic mass is 9.74. The molecular weight excluding hydrogens is 266 g/mol. The Morgan fingerprint density at radius 2 is 2.20 bits per heavy atom. The molecule has 104 valence electrons. The first-order valence-electron chi connectivity index (χ1n) is 7.01. The van der Waals surface area contributed by atoms with Gasteiger partial charge in [0.1, 0.15) is 0 Å². The Morgan fingerprint density at radius 3 is 2.95 bits per heavy atom. The zero-order chi connectivity index (χ0) is 14.1. The molecule has 2 aliphatic carbocycles. The van der Waals surface area contributed by atoms with Crippen LogP contribution in [-0.4, -0.2) is 10.8 Å². The van der Waals surface area contributed by atoms with E-state index in [0.29, 0.717) is 11.0 Å². The van der Waals surface area contributed by atoms with Gasteiger partial charge in [-0.1, -0.05) is 29.8 Å². The summed E-state index contributed by atoms with van der Waals surface area (Å²) in [6.45, 7) is 4.16. The lowest BCUT2D eigenvalue weighted by molar-refractivity contribution is 0.444. The Balaban J connectivity index is 1.57. The fourth-order valence-electron chi connectivity index (χ4n) is 2.89. The van der Waals surface area contributed by atoms with Crippen LogP contribution in [0.2, 0.25) is 0 Å². The monoisotopic (exact) mass is 285 g/mol. The molecule has 0 saturated heterocycles. The van der Waals surface area contributed by atoms with Crippen LogP contribution in [0, 0.1) is 25.7 Å². The molecule has 4 heteroatoms. The average molecular weight is 285 g/mol. The van der Waals surface area contributed by atoms with Gasteiger partial charge in [0.2, 0.25) is 0 Å². The molecule has 0 aromatic heterocycles. The number of hydrogen-bond donors (Lipinski definition) is 2. The number of fused-ring (bicyclic) bond motifs is 1. The molecule has 1 fully saturated rings. The van der Waals surface area contributed by atoms with E-state index in [1.807, 2.05) is 6.07 Å². The Bertz CT molecular complexity index is 604. The first kappa shape index (κ1) is 13.3. The third kappa shape index (κ3) is 2.61. The number of benzene rings is 1. The molecule has 2 atom stereocenters. The SMILES string of the molecule is Cc1ccc(NC(=S)N/N=C2/C[C@H]3CC=C[C@@H]23)c(C)c1. The van der Waals surface area contributed by atoms with Gasteiger partial charge in [-0.25, -0.2) is 0 Å². The van der Waals surface area contributed by atoms with Gasteiger partial charge in [-0.2, -0.15) is 5.10 Å². The first-order chi connectivity index (χ1) is 9.63. The van der Waals surface area contributed by atoms with Gasteiger partial charge in [0.25, 0.3) is 0 Å². The fourth-order valence-corrected chi connectivity index (χ4v) is 3.04. The van der Waals surface area contributed by atoms with Crippen molar-refractivity contribution < 1.29 is 0 Å². The van der Waals surface area contributed by atoms with Gasteiger partial charge in [0, 0.05) is 17.3 Å². The molecule has 0 amide bonds. The van der Waals surface area contributed by atoms with Gasteiger partial charge in [-0.05, 0) is 56.5 Å². The smallest absolute Gasteiger partial charge is 0.191 e. The number of hydrogen-bond acceptors (Lipinski definition) is 2. The molecule has 0 spiro atoms. The Morgan fingerprint density at radius 1 is 1.35 bits per heavy atom. The van der Waals surface area contributed by atoms with Crippen molar-refractivity contribution in [2.24, 2.45) is 16.9 Å². The summed E-state index contributed by atoms with van der Waals surface area (Å²) in [5.74, 6) is 1.34. The maximum absolute atomic E-state index is 5.29. The molecule has 3 rings (SSSR count). The van der Waals surface area contributed by atoms with E-state index in [9.17, 15) is 0 Å². The molecule has 0 aliphatic heterocycles. The Labute approximate surface area is 125 Å². The standard InChI is InChI=1S/C16H19N3S/c1-10-6-7-14(11(2)8-10)17-16(20)19-18-15-9-12-4-3-5-13(12)15/h3,5-8,12-13H,4,9H2,1-2H3,(H2,17,19,20)/b18-15-/t12-,13-/m1/s1. The maximum Gasteiger partial charge on any atom is 0.191 e. The van der Waals surface area contributed by atoms with E-state index in [-0.39, 0.29) is 0 Å². The van der Waals surface area contributed by atoms with Crippen molar-refractivity contribution in [1.82, 2.24) is 5.43 Å². The molecule has 1 aromatic carbocycles. The fraction of sp³-hybridized carbons (Fsp3) is 0.375. The van der Waals surface area contributed by atoms with Crippen LogP contribution in [0.3, 0.4) is 0 Å². The summed E-state index contributed by atoms with van der Waals surface area (Å²) >= 11 is 5.29. The van der Waals surface area contributed by atoms with Crippen LogP contribution in [0.15, 0.2) is 35.5 Å². The number of rotatable bonds is 2. The average Bonchev–Trinajstić information content (AvgIpc) is 2.75. The highest BCUT2D eigenvalue weighted by Crippen LogP contribution is 2.40. The van der Waals surface area contributed by atoms with Crippen molar-refractivity contribution in [2.75, 3.05) is 5.32 Å². The van der Waals surface area contributed by atoms with E-state index in [1.54, 1.807) is 0 Å². The van der Waals surface area contributed by atoms with Crippen LogP contribution in [0.25, 0.3) is 0 Å². The van der Waals surface area contributed by atoms with E-state index in [2.05, 4.69) is 54.0 Å². The molecule has 2 aliphatic rings. The van der Waals surface area contributed by atoms with Crippen molar-refractivity contribution in [3.05, 3.63) is 41.5 Å². The van der Waals surface area contributed by atoms with Crippen LogP contribution in [-0.2, 0) is 0 Å². The second-order valence-electron chi connectivity index (χ2n) is 5.64. The van der Waals surface area contributed by atoms with Crippen LogP contribution in [0.1, 0.15) is 24.0 Å². The zero-order valence-corrected chi connectivity index (χ0v) is 12.6. The number of aryl methyl sites for hydroxylation is 2. The number of nitrogens with zero attached hydrogens (tertiary/aromatic N) is 1. The molecule has 0 heterocycles. The predicted molar refractivity (Wildman–Crippen MR) is 88.1 cm³/mol. The van der Waals surface area contributed by atoms with E-state index in [1.165, 1.54) is 23.3 Å². The third-order valence-corrected chi connectivity index (χ3v) is 4.27. The largest absolute Gasteiger partial charge is 0.331 e. The van der Waals surface area contributed by atoms with Gasteiger partial charge in [-0.15, -0.1) is 0 Å². The number of nitrogens with one attached hydrogen (secondary N) is 2. The molecular formula is C16H19N3S. The molecule has 20 heavy (non-hydrogen) atoms.